The molecule has 0 N–H and O–H groups in total. The van der Waals surface area contributed by atoms with Gasteiger partial charge in [-0.15, -0.1) is 0 Å². The van der Waals surface area contributed by atoms with Gasteiger partial charge in [0.25, 0.3) is 0 Å². The molecule has 1 aromatic heterocycles. The van der Waals surface area contributed by atoms with Gasteiger partial charge in [-0.2, -0.15) is 0 Å². The van der Waals surface area contributed by atoms with E-state index in [9.17, 15) is 4.79 Å². The number of rotatable bonds is 5. The minimum atomic E-state index is -0.0383. The van der Waals surface area contributed by atoms with E-state index in [2.05, 4.69) is 4.98 Å². The lowest BCUT2D eigenvalue weighted by Gasteiger charge is -2.27. The lowest BCUT2D eigenvalue weighted by molar-refractivity contribution is -0.135. The predicted octanol–water partition coefficient (Wildman–Crippen LogP) is 1.40. The Morgan fingerprint density at radius 1 is 1.55 bits per heavy atom. The van der Waals surface area contributed by atoms with Crippen molar-refractivity contribution in [2.45, 2.75) is 31.9 Å². The first-order valence-corrected chi connectivity index (χ1v) is 7.14. The first-order chi connectivity index (χ1) is 9.61. The van der Waals surface area contributed by atoms with Crippen LogP contribution in [0.2, 0.25) is 0 Å². The second-order valence-electron chi connectivity index (χ2n) is 5.37. The molecule has 1 aliphatic heterocycles. The van der Waals surface area contributed by atoms with Crippen molar-refractivity contribution in [1.29, 1.82) is 0 Å². The number of hydrogen-bond donors (Lipinski definition) is 0. The van der Waals surface area contributed by atoms with Crippen LogP contribution in [0.25, 0.3) is 0 Å². The number of amides is 1. The molecule has 110 valence electrons. The number of hydrogen-bond acceptors (Lipinski definition) is 4. The number of carbonyl (C=O) groups is 1. The van der Waals surface area contributed by atoms with Gasteiger partial charge in [0, 0.05) is 25.2 Å². The summed E-state index contributed by atoms with van der Waals surface area (Å²) in [6.45, 7) is 3.46. The maximum absolute atomic E-state index is 12.4. The molecule has 0 unspecified atom stereocenters. The molecule has 1 aliphatic rings. The van der Waals surface area contributed by atoms with E-state index in [4.69, 9.17) is 4.74 Å². The molecule has 1 saturated heterocycles. The summed E-state index contributed by atoms with van der Waals surface area (Å²) in [7, 11) is 3.90. The fourth-order valence-corrected chi connectivity index (χ4v) is 2.58. The molecular weight excluding hydrogens is 254 g/mol. The van der Waals surface area contributed by atoms with Crippen LogP contribution in [-0.4, -0.2) is 60.0 Å². The van der Waals surface area contributed by atoms with E-state index in [1.165, 1.54) is 0 Å². The van der Waals surface area contributed by atoms with Gasteiger partial charge in [-0.1, -0.05) is 13.0 Å². The minimum absolute atomic E-state index is 0.0383. The van der Waals surface area contributed by atoms with Crippen molar-refractivity contribution in [3.05, 3.63) is 24.4 Å². The van der Waals surface area contributed by atoms with Gasteiger partial charge in [0.05, 0.1) is 12.6 Å². The Morgan fingerprint density at radius 3 is 2.95 bits per heavy atom. The van der Waals surface area contributed by atoms with Crippen molar-refractivity contribution in [1.82, 2.24) is 14.8 Å². The summed E-state index contributed by atoms with van der Waals surface area (Å²) >= 11 is 0. The lowest BCUT2D eigenvalue weighted by Crippen LogP contribution is -2.45. The van der Waals surface area contributed by atoms with Crippen LogP contribution < -0.4 is 4.74 Å². The normalized spacial score (nSPS) is 20.2. The van der Waals surface area contributed by atoms with E-state index in [1.807, 2.05) is 49.0 Å². The SMILES string of the molecule is CC[C@H](C(=O)N1CC[C@H](Oc2ccccn2)C1)N(C)C. The van der Waals surface area contributed by atoms with Gasteiger partial charge in [-0.05, 0) is 26.6 Å². The van der Waals surface area contributed by atoms with Gasteiger partial charge in [0.1, 0.15) is 6.10 Å². The molecule has 5 nitrogen and oxygen atoms in total. The van der Waals surface area contributed by atoms with Crippen LogP contribution in [-0.2, 0) is 4.79 Å². The maximum atomic E-state index is 12.4. The van der Waals surface area contributed by atoms with Crippen LogP contribution in [0.5, 0.6) is 5.88 Å². The van der Waals surface area contributed by atoms with Crippen molar-refractivity contribution in [3.8, 4) is 5.88 Å². The Labute approximate surface area is 120 Å². The molecule has 0 saturated carbocycles. The average Bonchev–Trinajstić information content (AvgIpc) is 2.88. The van der Waals surface area contributed by atoms with Crippen molar-refractivity contribution in [2.24, 2.45) is 0 Å². The molecule has 0 aliphatic carbocycles. The first-order valence-electron chi connectivity index (χ1n) is 7.14. The molecule has 0 aromatic carbocycles. The number of aromatic nitrogens is 1. The van der Waals surface area contributed by atoms with E-state index in [0.29, 0.717) is 12.4 Å². The molecule has 0 radical (unpaired) electrons. The minimum Gasteiger partial charge on any atom is -0.472 e. The molecule has 5 heteroatoms. The van der Waals surface area contributed by atoms with Crippen molar-refractivity contribution < 1.29 is 9.53 Å². The molecule has 2 rings (SSSR count). The highest BCUT2D eigenvalue weighted by molar-refractivity contribution is 5.82. The number of likely N-dealkylation sites (N-methyl/N-ethyl adjacent to an activating group) is 1. The molecule has 2 atom stereocenters. The monoisotopic (exact) mass is 277 g/mol. The second-order valence-corrected chi connectivity index (χ2v) is 5.37. The quantitative estimate of drug-likeness (QED) is 0.816. The van der Waals surface area contributed by atoms with Gasteiger partial charge in [-0.3, -0.25) is 9.69 Å². The van der Waals surface area contributed by atoms with Gasteiger partial charge < -0.3 is 9.64 Å². The summed E-state index contributed by atoms with van der Waals surface area (Å²) in [5.41, 5.74) is 0. The number of nitrogens with zero attached hydrogens (tertiary/aromatic N) is 3. The number of ether oxygens (including phenoxy) is 1. The Kier molecular flexibility index (Phi) is 4.95. The summed E-state index contributed by atoms with van der Waals surface area (Å²) in [4.78, 5) is 20.5. The first kappa shape index (κ1) is 14.8. The molecular formula is C15H23N3O2. The van der Waals surface area contributed by atoms with E-state index in [1.54, 1.807) is 6.20 Å². The molecule has 20 heavy (non-hydrogen) atoms. The maximum Gasteiger partial charge on any atom is 0.240 e. The Bertz CT molecular complexity index is 436. The zero-order valence-corrected chi connectivity index (χ0v) is 12.5. The summed E-state index contributed by atoms with van der Waals surface area (Å²) < 4.78 is 5.81. The average molecular weight is 277 g/mol. The van der Waals surface area contributed by atoms with Crippen LogP contribution >= 0.6 is 0 Å². The molecule has 2 heterocycles. The molecule has 0 spiro atoms. The highest BCUT2D eigenvalue weighted by Gasteiger charge is 2.32. The predicted molar refractivity (Wildman–Crippen MR) is 77.6 cm³/mol. The Balaban J connectivity index is 1.90. The van der Waals surface area contributed by atoms with Gasteiger partial charge in [-0.25, -0.2) is 4.98 Å². The van der Waals surface area contributed by atoms with Crippen molar-refractivity contribution in [3.63, 3.8) is 0 Å². The zero-order chi connectivity index (χ0) is 14.5. The molecule has 1 fully saturated rings. The Morgan fingerprint density at radius 2 is 2.35 bits per heavy atom. The van der Waals surface area contributed by atoms with Crippen LogP contribution in [0.1, 0.15) is 19.8 Å². The topological polar surface area (TPSA) is 45.7 Å². The highest BCUT2D eigenvalue weighted by Crippen LogP contribution is 2.18. The summed E-state index contributed by atoms with van der Waals surface area (Å²) in [5.74, 6) is 0.830. The third kappa shape index (κ3) is 3.48. The van der Waals surface area contributed by atoms with Crippen LogP contribution in [0.15, 0.2) is 24.4 Å². The standard InChI is InChI=1S/C15H23N3O2/c1-4-13(17(2)3)15(19)18-10-8-12(11-18)20-14-7-5-6-9-16-14/h5-7,9,12-13H,4,8,10-11H2,1-3H3/t12-,13+/m0/s1. The van der Waals surface area contributed by atoms with E-state index < -0.39 is 0 Å². The number of pyridine rings is 1. The van der Waals surface area contributed by atoms with Crippen molar-refractivity contribution in [2.75, 3.05) is 27.2 Å². The fourth-order valence-electron chi connectivity index (χ4n) is 2.58. The lowest BCUT2D eigenvalue weighted by atomic mass is 10.2. The Hall–Kier alpha value is -1.62. The van der Waals surface area contributed by atoms with Crippen LogP contribution in [0.4, 0.5) is 0 Å². The third-order valence-corrected chi connectivity index (χ3v) is 3.68. The zero-order valence-electron chi connectivity index (χ0n) is 12.5. The second kappa shape index (κ2) is 6.70. The number of likely N-dealkylation sites (tertiary alicyclic amines) is 1. The highest BCUT2D eigenvalue weighted by atomic mass is 16.5. The van der Waals surface area contributed by atoms with Gasteiger partial charge in [0.2, 0.25) is 11.8 Å². The van der Waals surface area contributed by atoms with Gasteiger partial charge in [0.15, 0.2) is 0 Å². The van der Waals surface area contributed by atoms with Crippen LogP contribution in [0, 0.1) is 0 Å². The largest absolute Gasteiger partial charge is 0.472 e. The van der Waals surface area contributed by atoms with Crippen molar-refractivity contribution >= 4 is 5.91 Å². The fraction of sp³-hybridized carbons (Fsp3) is 0.600. The van der Waals surface area contributed by atoms with Crippen LogP contribution in [0.3, 0.4) is 0 Å². The molecule has 0 bridgehead atoms. The summed E-state index contributed by atoms with van der Waals surface area (Å²) in [5, 5.41) is 0. The van der Waals surface area contributed by atoms with Gasteiger partial charge >= 0.3 is 0 Å². The summed E-state index contributed by atoms with van der Waals surface area (Å²) in [6, 6.07) is 5.57. The smallest absolute Gasteiger partial charge is 0.240 e. The van der Waals surface area contributed by atoms with E-state index in [0.717, 1.165) is 19.4 Å². The van der Waals surface area contributed by atoms with E-state index >= 15 is 0 Å². The number of carbonyl (C=O) groups excluding carboxylic acids is 1. The molecule has 1 aromatic rings. The summed E-state index contributed by atoms with van der Waals surface area (Å²) in [6.07, 6.45) is 3.46. The third-order valence-electron chi connectivity index (χ3n) is 3.68. The molecule has 1 amide bonds. The van der Waals surface area contributed by atoms with E-state index in [-0.39, 0.29) is 18.1 Å².